The van der Waals surface area contributed by atoms with Gasteiger partial charge < -0.3 is 15.2 Å². The van der Waals surface area contributed by atoms with Crippen LogP contribution in [0.15, 0.2) is 0 Å². The van der Waals surface area contributed by atoms with Crippen LogP contribution in [0.3, 0.4) is 0 Å². The lowest BCUT2D eigenvalue weighted by Crippen LogP contribution is -2.35. The number of rotatable bonds is 6. The number of ether oxygens (including phenoxy) is 1. The number of aliphatic carboxylic acids is 1. The second kappa shape index (κ2) is 7.63. The van der Waals surface area contributed by atoms with E-state index in [1.807, 2.05) is 0 Å². The van der Waals surface area contributed by atoms with E-state index in [0.717, 1.165) is 12.8 Å². The van der Waals surface area contributed by atoms with Crippen molar-refractivity contribution in [1.82, 2.24) is 5.32 Å². The summed E-state index contributed by atoms with van der Waals surface area (Å²) in [4.78, 5) is 10.7. The van der Waals surface area contributed by atoms with Gasteiger partial charge in [0.05, 0.1) is 6.10 Å². The van der Waals surface area contributed by atoms with E-state index in [1.165, 1.54) is 25.7 Å². The van der Waals surface area contributed by atoms with Crippen LogP contribution in [0, 0.1) is 0 Å². The first-order valence-corrected chi connectivity index (χ1v) is 6.25. The Morgan fingerprint density at radius 1 is 1.38 bits per heavy atom. The van der Waals surface area contributed by atoms with E-state index < -0.39 is 12.0 Å². The third kappa shape index (κ3) is 4.94. The predicted octanol–water partition coefficient (Wildman–Crippen LogP) is 1.79. The highest BCUT2D eigenvalue weighted by molar-refractivity contribution is 5.73. The van der Waals surface area contributed by atoms with Crippen molar-refractivity contribution in [3.63, 3.8) is 0 Å². The molecule has 0 radical (unpaired) electrons. The van der Waals surface area contributed by atoms with Gasteiger partial charge in [-0.15, -0.1) is 0 Å². The fourth-order valence-electron chi connectivity index (χ4n) is 2.15. The van der Waals surface area contributed by atoms with Crippen LogP contribution in [0.25, 0.3) is 0 Å². The van der Waals surface area contributed by atoms with E-state index in [0.29, 0.717) is 19.1 Å². The molecule has 0 aromatic heterocycles. The monoisotopic (exact) mass is 229 g/mol. The number of nitrogens with one attached hydrogen (secondary N) is 1. The van der Waals surface area contributed by atoms with Crippen molar-refractivity contribution in [3.8, 4) is 0 Å². The molecule has 1 atom stereocenters. The number of carboxylic acid groups (broad SMARTS) is 1. The summed E-state index contributed by atoms with van der Waals surface area (Å²) >= 11 is 0. The van der Waals surface area contributed by atoms with Crippen molar-refractivity contribution >= 4 is 5.97 Å². The van der Waals surface area contributed by atoms with E-state index in [-0.39, 0.29) is 0 Å². The highest BCUT2D eigenvalue weighted by Crippen LogP contribution is 2.19. The largest absolute Gasteiger partial charge is 0.480 e. The van der Waals surface area contributed by atoms with E-state index in [9.17, 15) is 4.79 Å². The van der Waals surface area contributed by atoms with Gasteiger partial charge in [-0.1, -0.05) is 25.7 Å². The number of carbonyl (C=O) groups is 1. The Labute approximate surface area is 97.4 Å². The van der Waals surface area contributed by atoms with Gasteiger partial charge in [0.1, 0.15) is 6.04 Å². The molecule has 16 heavy (non-hydrogen) atoms. The first-order valence-electron chi connectivity index (χ1n) is 6.25. The van der Waals surface area contributed by atoms with Gasteiger partial charge in [0.25, 0.3) is 0 Å². The average Bonchev–Trinajstić information content (AvgIpc) is 2.52. The molecule has 2 N–H and O–H groups in total. The van der Waals surface area contributed by atoms with Crippen LogP contribution in [-0.2, 0) is 9.53 Å². The maximum absolute atomic E-state index is 10.7. The molecule has 0 amide bonds. The molecule has 1 fully saturated rings. The predicted molar refractivity (Wildman–Crippen MR) is 62.5 cm³/mol. The zero-order chi connectivity index (χ0) is 11.8. The van der Waals surface area contributed by atoms with Gasteiger partial charge in [-0.3, -0.25) is 4.79 Å². The van der Waals surface area contributed by atoms with Crippen LogP contribution in [0.4, 0.5) is 0 Å². The van der Waals surface area contributed by atoms with Crippen molar-refractivity contribution in [1.29, 1.82) is 0 Å². The van der Waals surface area contributed by atoms with Crippen molar-refractivity contribution in [2.24, 2.45) is 0 Å². The molecule has 1 unspecified atom stereocenters. The molecular weight excluding hydrogens is 206 g/mol. The highest BCUT2D eigenvalue weighted by atomic mass is 16.5. The fraction of sp³-hybridized carbons (Fsp3) is 0.917. The number of carboxylic acids is 1. The molecule has 0 heterocycles. The molecule has 94 valence electrons. The van der Waals surface area contributed by atoms with Crippen LogP contribution in [0.2, 0.25) is 0 Å². The van der Waals surface area contributed by atoms with Gasteiger partial charge in [-0.2, -0.15) is 0 Å². The lowest BCUT2D eigenvalue weighted by molar-refractivity contribution is -0.140. The topological polar surface area (TPSA) is 58.6 Å². The van der Waals surface area contributed by atoms with Crippen molar-refractivity contribution < 1.29 is 14.6 Å². The van der Waals surface area contributed by atoms with Gasteiger partial charge in [0.15, 0.2) is 0 Å². The molecule has 0 spiro atoms. The molecule has 1 rings (SSSR count). The molecule has 0 saturated heterocycles. The SMILES string of the molecule is CNC(CCOC1CCCCCC1)C(=O)O. The molecule has 0 bridgehead atoms. The van der Waals surface area contributed by atoms with Crippen molar-refractivity contribution in [3.05, 3.63) is 0 Å². The van der Waals surface area contributed by atoms with Gasteiger partial charge >= 0.3 is 5.97 Å². The first-order chi connectivity index (χ1) is 7.74. The van der Waals surface area contributed by atoms with E-state index >= 15 is 0 Å². The van der Waals surface area contributed by atoms with Crippen LogP contribution in [0.1, 0.15) is 44.9 Å². The van der Waals surface area contributed by atoms with Crippen molar-refractivity contribution in [2.45, 2.75) is 57.1 Å². The zero-order valence-electron chi connectivity index (χ0n) is 10.1. The van der Waals surface area contributed by atoms with Crippen LogP contribution >= 0.6 is 0 Å². The summed E-state index contributed by atoms with van der Waals surface area (Å²) < 4.78 is 5.74. The smallest absolute Gasteiger partial charge is 0.320 e. The minimum absolute atomic E-state index is 0.355. The average molecular weight is 229 g/mol. The molecule has 4 heteroatoms. The molecule has 1 aliphatic carbocycles. The van der Waals surface area contributed by atoms with Crippen molar-refractivity contribution in [2.75, 3.05) is 13.7 Å². The molecule has 1 saturated carbocycles. The first kappa shape index (κ1) is 13.5. The Balaban J connectivity index is 2.15. The normalized spacial score (nSPS) is 20.3. The lowest BCUT2D eigenvalue weighted by atomic mass is 10.1. The maximum Gasteiger partial charge on any atom is 0.320 e. The molecule has 1 aliphatic rings. The summed E-state index contributed by atoms with van der Waals surface area (Å²) in [6.45, 7) is 0.544. The zero-order valence-corrected chi connectivity index (χ0v) is 10.1. The van der Waals surface area contributed by atoms with Gasteiger partial charge in [-0.05, 0) is 26.3 Å². The van der Waals surface area contributed by atoms with Gasteiger partial charge in [0, 0.05) is 6.61 Å². The van der Waals surface area contributed by atoms with Gasteiger partial charge in [-0.25, -0.2) is 0 Å². The minimum Gasteiger partial charge on any atom is -0.480 e. The summed E-state index contributed by atoms with van der Waals surface area (Å²) in [5.74, 6) is -0.799. The Kier molecular flexibility index (Phi) is 6.42. The van der Waals surface area contributed by atoms with Crippen LogP contribution < -0.4 is 5.32 Å². The van der Waals surface area contributed by atoms with E-state index in [4.69, 9.17) is 9.84 Å². The van der Waals surface area contributed by atoms with Gasteiger partial charge in [0.2, 0.25) is 0 Å². The molecule has 0 aliphatic heterocycles. The van der Waals surface area contributed by atoms with Crippen LogP contribution in [-0.4, -0.2) is 36.9 Å². The summed E-state index contributed by atoms with van der Waals surface area (Å²) in [7, 11) is 1.67. The highest BCUT2D eigenvalue weighted by Gasteiger charge is 2.16. The second-order valence-electron chi connectivity index (χ2n) is 4.45. The third-order valence-corrected chi connectivity index (χ3v) is 3.21. The van der Waals surface area contributed by atoms with Crippen LogP contribution in [0.5, 0.6) is 0 Å². The Bertz CT molecular complexity index is 200. The summed E-state index contributed by atoms with van der Waals surface area (Å²) in [5, 5.41) is 11.6. The Morgan fingerprint density at radius 2 is 2.00 bits per heavy atom. The molecular formula is C12H23NO3. The van der Waals surface area contributed by atoms with E-state index in [1.54, 1.807) is 7.05 Å². The summed E-state index contributed by atoms with van der Waals surface area (Å²) in [6.07, 6.45) is 8.30. The number of likely N-dealkylation sites (N-methyl/N-ethyl adjacent to an activating group) is 1. The summed E-state index contributed by atoms with van der Waals surface area (Å²) in [5.41, 5.74) is 0. The summed E-state index contributed by atoms with van der Waals surface area (Å²) in [6, 6.07) is -0.481. The maximum atomic E-state index is 10.7. The number of hydrogen-bond donors (Lipinski definition) is 2. The number of hydrogen-bond acceptors (Lipinski definition) is 3. The second-order valence-corrected chi connectivity index (χ2v) is 4.45. The Hall–Kier alpha value is -0.610. The third-order valence-electron chi connectivity index (χ3n) is 3.21. The standard InChI is InChI=1S/C12H23NO3/c1-13-11(12(14)15)8-9-16-10-6-4-2-3-5-7-10/h10-11,13H,2-9H2,1H3,(H,14,15). The molecule has 0 aromatic carbocycles. The minimum atomic E-state index is -0.799. The Morgan fingerprint density at radius 3 is 2.50 bits per heavy atom. The molecule has 4 nitrogen and oxygen atoms in total. The molecule has 0 aromatic rings. The quantitative estimate of drug-likeness (QED) is 0.682. The fourth-order valence-corrected chi connectivity index (χ4v) is 2.15. The van der Waals surface area contributed by atoms with E-state index in [2.05, 4.69) is 5.32 Å². The lowest BCUT2D eigenvalue weighted by Gasteiger charge is -2.17.